The quantitative estimate of drug-likeness (QED) is 0.520. The Kier molecular flexibility index (Phi) is 6.13. The molecule has 0 spiro atoms. The number of hydrogen-bond acceptors (Lipinski definition) is 6. The highest BCUT2D eigenvalue weighted by atomic mass is 19.4. The summed E-state index contributed by atoms with van der Waals surface area (Å²) in [5, 5.41) is 15.7. The van der Waals surface area contributed by atoms with Gasteiger partial charge in [0.25, 0.3) is 5.91 Å². The number of piperidine rings is 1. The first kappa shape index (κ1) is 24.7. The molecule has 0 bridgehead atoms. The number of hydrogen-bond donors (Lipinski definition) is 2. The molecule has 2 aliphatic rings. The molecule has 2 amide bonds. The molecule has 1 atom stereocenters. The van der Waals surface area contributed by atoms with Crippen LogP contribution < -0.4 is 5.32 Å². The van der Waals surface area contributed by atoms with Gasteiger partial charge in [0.2, 0.25) is 5.91 Å². The first-order valence-corrected chi connectivity index (χ1v) is 12.1. The Morgan fingerprint density at radius 1 is 1.30 bits per heavy atom. The summed E-state index contributed by atoms with van der Waals surface area (Å²) in [7, 11) is 0. The van der Waals surface area contributed by atoms with E-state index in [1.165, 1.54) is 17.3 Å². The Bertz CT molecular complexity index is 1380. The van der Waals surface area contributed by atoms with Crippen LogP contribution in [-0.2, 0) is 11.3 Å². The molecule has 2 fully saturated rings. The number of rotatable bonds is 6. The van der Waals surface area contributed by atoms with Crippen LogP contribution in [0.5, 0.6) is 0 Å². The molecule has 1 aliphatic heterocycles. The second-order valence-corrected chi connectivity index (χ2v) is 9.53. The third kappa shape index (κ3) is 4.41. The number of aryl methyl sites for hydroxylation is 1. The van der Waals surface area contributed by atoms with Crippen molar-refractivity contribution in [2.75, 3.05) is 13.1 Å². The van der Waals surface area contributed by atoms with Gasteiger partial charge in [-0.2, -0.15) is 23.5 Å². The molecule has 0 radical (unpaired) electrons. The topological polar surface area (TPSA) is 133 Å². The fourth-order valence-corrected chi connectivity index (χ4v) is 4.80. The Morgan fingerprint density at radius 2 is 2.03 bits per heavy atom. The van der Waals surface area contributed by atoms with Gasteiger partial charge in [-0.05, 0) is 32.6 Å². The lowest BCUT2D eigenvalue weighted by molar-refractivity contribution is -0.198. The number of nitrogens with zero attached hydrogens (tertiary/aromatic N) is 6. The van der Waals surface area contributed by atoms with Crippen LogP contribution in [0.25, 0.3) is 22.4 Å². The van der Waals surface area contributed by atoms with Gasteiger partial charge in [0.15, 0.2) is 5.65 Å². The van der Waals surface area contributed by atoms with Crippen LogP contribution in [-0.4, -0.2) is 66.8 Å². The van der Waals surface area contributed by atoms with E-state index in [2.05, 4.69) is 31.4 Å². The Balaban J connectivity index is 1.44. The molecule has 0 aromatic carbocycles. The maximum atomic E-state index is 14.1. The number of carbonyl (C=O) groups excluding carboxylic acids is 2. The maximum absolute atomic E-state index is 14.1. The Morgan fingerprint density at radius 3 is 2.62 bits per heavy atom. The zero-order valence-electron chi connectivity index (χ0n) is 20.0. The van der Waals surface area contributed by atoms with E-state index in [0.717, 1.165) is 0 Å². The summed E-state index contributed by atoms with van der Waals surface area (Å²) in [5.74, 6) is -1.86. The molecule has 3 aromatic heterocycles. The van der Waals surface area contributed by atoms with Crippen LogP contribution in [0.3, 0.4) is 0 Å². The van der Waals surface area contributed by atoms with Gasteiger partial charge in [-0.25, -0.2) is 9.97 Å². The van der Waals surface area contributed by atoms with Gasteiger partial charge in [-0.3, -0.25) is 14.3 Å². The number of aromatic amines is 1. The third-order valence-corrected chi connectivity index (χ3v) is 7.30. The lowest BCUT2D eigenvalue weighted by atomic mass is 9.91. The number of carbonyl (C=O) groups is 2. The largest absolute Gasteiger partial charge is 0.396 e. The van der Waals surface area contributed by atoms with Gasteiger partial charge in [0.05, 0.1) is 35.1 Å². The number of H-pyrrole nitrogens is 1. The summed E-state index contributed by atoms with van der Waals surface area (Å²) in [6, 6.07) is 0.363. The van der Waals surface area contributed by atoms with E-state index in [1.54, 1.807) is 17.1 Å². The van der Waals surface area contributed by atoms with Crippen molar-refractivity contribution in [3.8, 4) is 17.3 Å². The van der Waals surface area contributed by atoms with Crippen molar-refractivity contribution in [2.24, 2.45) is 11.3 Å². The van der Waals surface area contributed by atoms with Gasteiger partial charge < -0.3 is 15.2 Å². The number of fused-ring (bicyclic) bond motifs is 1. The Labute approximate surface area is 209 Å². The molecule has 2 N–H and O–H groups in total. The van der Waals surface area contributed by atoms with E-state index >= 15 is 0 Å². The van der Waals surface area contributed by atoms with Gasteiger partial charge in [-0.1, -0.05) is 0 Å². The lowest BCUT2D eigenvalue weighted by Gasteiger charge is -2.36. The Hall–Kier alpha value is -3.95. The van der Waals surface area contributed by atoms with Crippen molar-refractivity contribution in [3.05, 3.63) is 30.4 Å². The summed E-state index contributed by atoms with van der Waals surface area (Å²) in [6.45, 7) is 2.92. The fourth-order valence-electron chi connectivity index (χ4n) is 4.80. The predicted octanol–water partition coefficient (Wildman–Crippen LogP) is 3.04. The molecule has 1 aliphatic carbocycles. The molecule has 10 nitrogen and oxygen atoms in total. The molecule has 0 unspecified atom stereocenters. The van der Waals surface area contributed by atoms with Crippen molar-refractivity contribution in [1.82, 2.24) is 34.9 Å². The standard InChI is InChI=1S/C24H25F3N8O2/c1-2-35-13-15(10-31-35)17-12-30-20-18(32-17)16(11-29-20)21(36)33-19(23(5-6-23)24(25,26)27)22(37)34-7-3-14(9-28)4-8-34/h10-14,19H,2-8H2,1H3,(H,29,30)(H,33,36)/t19-/m0/s1. The van der Waals surface area contributed by atoms with Crippen molar-refractivity contribution in [3.63, 3.8) is 0 Å². The second kappa shape index (κ2) is 9.17. The summed E-state index contributed by atoms with van der Waals surface area (Å²) < 4.78 is 44.0. The molecule has 5 rings (SSSR count). The molecule has 1 saturated heterocycles. The number of nitriles is 1. The van der Waals surface area contributed by atoms with Crippen LogP contribution in [0.1, 0.15) is 43.0 Å². The molecular weight excluding hydrogens is 489 g/mol. The summed E-state index contributed by atoms with van der Waals surface area (Å²) in [4.78, 5) is 39.6. The maximum Gasteiger partial charge on any atom is 0.396 e. The number of alkyl halides is 3. The predicted molar refractivity (Wildman–Crippen MR) is 125 cm³/mol. The van der Waals surface area contributed by atoms with Crippen molar-refractivity contribution < 1.29 is 22.8 Å². The molecule has 4 heterocycles. The highest BCUT2D eigenvalue weighted by molar-refractivity contribution is 6.06. The van der Waals surface area contributed by atoms with Gasteiger partial charge >= 0.3 is 6.18 Å². The second-order valence-electron chi connectivity index (χ2n) is 9.53. The third-order valence-electron chi connectivity index (χ3n) is 7.30. The SMILES string of the molecule is CCn1cc(-c2cnc3[nH]cc(C(=O)N[C@@H](C(=O)N4CCC(C#N)CC4)C4(C(F)(F)F)CC4)c3n2)cn1. The van der Waals surface area contributed by atoms with E-state index in [1.807, 2.05) is 6.92 Å². The number of aromatic nitrogens is 5. The van der Waals surface area contributed by atoms with Crippen LogP contribution >= 0.6 is 0 Å². The van der Waals surface area contributed by atoms with E-state index in [0.29, 0.717) is 30.6 Å². The monoisotopic (exact) mass is 514 g/mol. The van der Waals surface area contributed by atoms with Gasteiger partial charge in [0.1, 0.15) is 11.6 Å². The minimum Gasteiger partial charge on any atom is -0.344 e. The molecule has 37 heavy (non-hydrogen) atoms. The van der Waals surface area contributed by atoms with E-state index in [4.69, 9.17) is 5.26 Å². The van der Waals surface area contributed by atoms with Gasteiger partial charge in [-0.15, -0.1) is 0 Å². The zero-order valence-corrected chi connectivity index (χ0v) is 20.0. The first-order valence-electron chi connectivity index (χ1n) is 12.1. The number of amides is 2. The average molecular weight is 515 g/mol. The highest BCUT2D eigenvalue weighted by Gasteiger charge is 2.70. The molecule has 3 aromatic rings. The number of halogens is 3. The number of nitrogens with one attached hydrogen (secondary N) is 2. The van der Waals surface area contributed by atoms with E-state index in [9.17, 15) is 22.8 Å². The molecular formula is C24H25F3N8O2. The van der Waals surface area contributed by atoms with Crippen molar-refractivity contribution in [2.45, 2.75) is 51.4 Å². The molecule has 13 heteroatoms. The fraction of sp³-hybridized carbons (Fsp3) is 0.500. The average Bonchev–Trinajstić information content (AvgIpc) is 3.39. The normalized spacial score (nSPS) is 18.4. The molecule has 1 saturated carbocycles. The molecule has 194 valence electrons. The lowest BCUT2D eigenvalue weighted by Crippen LogP contribution is -2.58. The summed E-state index contributed by atoms with van der Waals surface area (Å²) >= 11 is 0. The smallest absolute Gasteiger partial charge is 0.344 e. The minimum atomic E-state index is -4.67. The van der Waals surface area contributed by atoms with Gasteiger partial charge in [0, 0.05) is 43.5 Å². The van der Waals surface area contributed by atoms with Crippen LogP contribution in [0.4, 0.5) is 13.2 Å². The van der Waals surface area contributed by atoms with Crippen LogP contribution in [0, 0.1) is 22.7 Å². The first-order chi connectivity index (χ1) is 17.7. The summed E-state index contributed by atoms with van der Waals surface area (Å²) in [6.07, 6.45) is 1.82. The van der Waals surface area contributed by atoms with E-state index < -0.39 is 29.4 Å². The van der Waals surface area contributed by atoms with Crippen molar-refractivity contribution in [1.29, 1.82) is 5.26 Å². The summed E-state index contributed by atoms with van der Waals surface area (Å²) in [5.41, 5.74) is -0.739. The van der Waals surface area contributed by atoms with E-state index in [-0.39, 0.29) is 48.6 Å². The zero-order chi connectivity index (χ0) is 26.4. The van der Waals surface area contributed by atoms with Crippen molar-refractivity contribution >= 4 is 23.0 Å². The highest BCUT2D eigenvalue weighted by Crippen LogP contribution is 2.60. The number of likely N-dealkylation sites (tertiary alicyclic amines) is 1. The minimum absolute atomic E-state index is 0.00815. The van der Waals surface area contributed by atoms with Crippen LogP contribution in [0.15, 0.2) is 24.8 Å². The van der Waals surface area contributed by atoms with Crippen LogP contribution in [0.2, 0.25) is 0 Å².